The lowest BCUT2D eigenvalue weighted by Gasteiger charge is -2.43. The number of nitrogens with zero attached hydrogens (tertiary/aromatic N) is 4. The van der Waals surface area contributed by atoms with Crippen LogP contribution >= 0.6 is 0 Å². The Hall–Kier alpha value is -4.78. The molecule has 7 rings (SSSR count). The van der Waals surface area contributed by atoms with E-state index in [1.807, 2.05) is 66.7 Å². The van der Waals surface area contributed by atoms with Crippen molar-refractivity contribution in [2.75, 3.05) is 5.32 Å². The lowest BCUT2D eigenvalue weighted by Crippen LogP contribution is -2.50. The number of carbonyl (C=O) groups excluding carboxylic acids is 1. The Balaban J connectivity index is 1.27. The molecule has 1 saturated carbocycles. The van der Waals surface area contributed by atoms with Crippen molar-refractivity contribution in [3.63, 3.8) is 0 Å². The minimum Gasteiger partial charge on any atom is -0.343 e. The van der Waals surface area contributed by atoms with Gasteiger partial charge < -0.3 is 10.6 Å². The van der Waals surface area contributed by atoms with Gasteiger partial charge in [-0.15, -0.1) is 10.2 Å². The Labute approximate surface area is 214 Å². The number of para-hydroxylation sites is 1. The van der Waals surface area contributed by atoms with Gasteiger partial charge in [0, 0.05) is 22.9 Å². The van der Waals surface area contributed by atoms with Crippen molar-refractivity contribution in [3.05, 3.63) is 108 Å². The monoisotopic (exact) mass is 484 g/mol. The number of nitrogens with one attached hydrogen (secondary N) is 2. The second-order valence-corrected chi connectivity index (χ2v) is 9.56. The lowest BCUT2D eigenvalue weighted by molar-refractivity contribution is 0.0823. The van der Waals surface area contributed by atoms with Gasteiger partial charge in [-0.05, 0) is 61.2 Å². The van der Waals surface area contributed by atoms with Gasteiger partial charge in [-0.25, -0.2) is 4.98 Å². The molecule has 0 radical (unpaired) electrons. The van der Waals surface area contributed by atoms with Crippen molar-refractivity contribution in [2.45, 2.75) is 24.8 Å². The van der Waals surface area contributed by atoms with E-state index in [9.17, 15) is 4.79 Å². The fourth-order valence-electron chi connectivity index (χ4n) is 5.30. The maximum absolute atomic E-state index is 12.9. The summed E-state index contributed by atoms with van der Waals surface area (Å²) in [6.45, 7) is 0. The molecule has 2 N–H and O–H groups in total. The van der Waals surface area contributed by atoms with E-state index < -0.39 is 0 Å². The van der Waals surface area contributed by atoms with Gasteiger partial charge in [-0.3, -0.25) is 9.36 Å². The van der Waals surface area contributed by atoms with Gasteiger partial charge in [0.15, 0.2) is 17.5 Å². The third kappa shape index (κ3) is 3.50. The maximum Gasteiger partial charge on any atom is 0.251 e. The summed E-state index contributed by atoms with van der Waals surface area (Å²) in [6.07, 6.45) is 4.71. The van der Waals surface area contributed by atoms with Crippen LogP contribution in [0.1, 0.15) is 35.2 Å². The van der Waals surface area contributed by atoms with Gasteiger partial charge in [0.05, 0.1) is 16.9 Å². The smallest absolute Gasteiger partial charge is 0.251 e. The molecule has 37 heavy (non-hydrogen) atoms. The zero-order chi connectivity index (χ0) is 24.8. The van der Waals surface area contributed by atoms with E-state index in [0.29, 0.717) is 5.56 Å². The molecule has 2 aliphatic rings. The van der Waals surface area contributed by atoms with E-state index in [0.717, 1.165) is 64.8 Å². The minimum atomic E-state index is -0.341. The molecule has 3 heterocycles. The molecule has 7 nitrogen and oxygen atoms in total. The van der Waals surface area contributed by atoms with Crippen molar-refractivity contribution >= 4 is 17.4 Å². The summed E-state index contributed by atoms with van der Waals surface area (Å²) in [5.41, 5.74) is 5.19. The Morgan fingerprint density at radius 1 is 0.838 bits per heavy atom. The van der Waals surface area contributed by atoms with Crippen LogP contribution in [0.3, 0.4) is 0 Å². The van der Waals surface area contributed by atoms with Crippen LogP contribution in [-0.2, 0) is 5.54 Å². The molecule has 0 bridgehead atoms. The van der Waals surface area contributed by atoms with Gasteiger partial charge in [0.25, 0.3) is 5.91 Å². The molecule has 0 atom stereocenters. The van der Waals surface area contributed by atoms with Crippen molar-refractivity contribution in [2.24, 2.45) is 0 Å². The van der Waals surface area contributed by atoms with Crippen LogP contribution < -0.4 is 10.6 Å². The predicted molar refractivity (Wildman–Crippen MR) is 143 cm³/mol. The highest BCUT2D eigenvalue weighted by atomic mass is 16.1. The molecular formula is C30H24N6O. The van der Waals surface area contributed by atoms with Crippen LogP contribution in [0.2, 0.25) is 0 Å². The number of hydrogen-bond donors (Lipinski definition) is 2. The Morgan fingerprint density at radius 2 is 1.59 bits per heavy atom. The number of pyridine rings is 1. The molecule has 0 saturated heterocycles. The number of benzene rings is 3. The van der Waals surface area contributed by atoms with Gasteiger partial charge in [0.2, 0.25) is 0 Å². The topological polar surface area (TPSA) is 84.7 Å². The normalized spacial score (nSPS) is 14.7. The van der Waals surface area contributed by atoms with Crippen molar-refractivity contribution in [3.8, 4) is 28.5 Å². The summed E-state index contributed by atoms with van der Waals surface area (Å²) >= 11 is 0. The summed E-state index contributed by atoms with van der Waals surface area (Å²) in [5, 5.41) is 16.0. The molecule has 0 spiro atoms. The molecule has 1 aliphatic carbocycles. The molecule has 7 heteroatoms. The summed E-state index contributed by atoms with van der Waals surface area (Å²) in [5.74, 6) is 2.22. The second kappa shape index (κ2) is 8.41. The number of rotatable bonds is 4. The number of aromatic nitrogens is 4. The minimum absolute atomic E-state index is 0.0394. The fraction of sp³-hybridized carbons (Fsp3) is 0.133. The number of carbonyl (C=O) groups is 1. The molecule has 1 aliphatic heterocycles. The third-order valence-electron chi connectivity index (χ3n) is 7.40. The van der Waals surface area contributed by atoms with Crippen LogP contribution in [0.15, 0.2) is 97.2 Å². The summed E-state index contributed by atoms with van der Waals surface area (Å²) < 4.78 is 2.06. The van der Waals surface area contributed by atoms with Crippen LogP contribution in [0.4, 0.5) is 11.5 Å². The van der Waals surface area contributed by atoms with Gasteiger partial charge in [-0.2, -0.15) is 0 Å². The van der Waals surface area contributed by atoms with E-state index in [1.54, 1.807) is 6.20 Å². The molecule has 1 amide bonds. The average molecular weight is 485 g/mol. The SMILES string of the molecule is O=C(NC1(c2ccc(-c3nnc4n3-c3cccnc3Nc3ccccc3-4)cc2)CCC1)c1ccccc1. The highest BCUT2D eigenvalue weighted by Crippen LogP contribution is 2.43. The first-order valence-corrected chi connectivity index (χ1v) is 12.5. The number of hydrogen-bond acceptors (Lipinski definition) is 5. The van der Waals surface area contributed by atoms with Gasteiger partial charge in [0.1, 0.15) is 0 Å². The highest BCUT2D eigenvalue weighted by Gasteiger charge is 2.40. The molecular weight excluding hydrogens is 460 g/mol. The van der Waals surface area contributed by atoms with E-state index >= 15 is 0 Å². The van der Waals surface area contributed by atoms with Crippen LogP contribution in [0.25, 0.3) is 28.5 Å². The van der Waals surface area contributed by atoms with Gasteiger partial charge in [-0.1, -0.05) is 54.6 Å². The van der Waals surface area contributed by atoms with Crippen LogP contribution in [0, 0.1) is 0 Å². The first kappa shape index (κ1) is 21.5. The van der Waals surface area contributed by atoms with Crippen molar-refractivity contribution in [1.82, 2.24) is 25.1 Å². The molecule has 0 unspecified atom stereocenters. The largest absolute Gasteiger partial charge is 0.343 e. The van der Waals surface area contributed by atoms with Crippen molar-refractivity contribution in [1.29, 1.82) is 0 Å². The summed E-state index contributed by atoms with van der Waals surface area (Å²) in [4.78, 5) is 17.5. The Bertz CT molecular complexity index is 1620. The lowest BCUT2D eigenvalue weighted by atomic mass is 9.71. The molecule has 1 fully saturated rings. The van der Waals surface area contributed by atoms with Crippen LogP contribution in [0.5, 0.6) is 0 Å². The maximum atomic E-state index is 12.9. The third-order valence-corrected chi connectivity index (χ3v) is 7.40. The first-order chi connectivity index (χ1) is 18.2. The van der Waals surface area contributed by atoms with E-state index in [-0.39, 0.29) is 11.4 Å². The highest BCUT2D eigenvalue weighted by molar-refractivity contribution is 5.94. The van der Waals surface area contributed by atoms with Crippen molar-refractivity contribution < 1.29 is 4.79 Å². The first-order valence-electron chi connectivity index (χ1n) is 12.5. The zero-order valence-corrected chi connectivity index (χ0v) is 20.1. The van der Waals surface area contributed by atoms with E-state index in [4.69, 9.17) is 0 Å². The van der Waals surface area contributed by atoms with Gasteiger partial charge >= 0.3 is 0 Å². The molecule has 2 aromatic heterocycles. The summed E-state index contributed by atoms with van der Waals surface area (Å²) in [7, 11) is 0. The Kier molecular flexibility index (Phi) is 4.89. The average Bonchev–Trinajstić information content (AvgIpc) is 3.31. The standard InChI is InChI=1S/C30H24N6O/c37-29(21-8-2-1-3-9-21)33-30(17-7-18-30)22-15-13-20(14-16-22)27-34-35-28-23-10-4-5-11-24(23)32-26-25(36(27)28)12-6-19-31-26/h1-6,8-16,19H,7,17-18H2,(H,31,32)(H,33,37). The number of anilines is 2. The number of fused-ring (bicyclic) bond motifs is 5. The Morgan fingerprint density at radius 3 is 2.38 bits per heavy atom. The zero-order valence-electron chi connectivity index (χ0n) is 20.1. The second-order valence-electron chi connectivity index (χ2n) is 9.56. The van der Waals surface area contributed by atoms with E-state index in [1.165, 1.54) is 0 Å². The molecule has 3 aromatic carbocycles. The summed E-state index contributed by atoms with van der Waals surface area (Å²) in [6, 6.07) is 29.7. The number of amides is 1. The molecule has 180 valence electrons. The van der Waals surface area contributed by atoms with E-state index in [2.05, 4.69) is 54.6 Å². The quantitative estimate of drug-likeness (QED) is 0.327. The van der Waals surface area contributed by atoms with Crippen LogP contribution in [-0.4, -0.2) is 25.7 Å². The molecule has 5 aromatic rings. The predicted octanol–water partition coefficient (Wildman–Crippen LogP) is 5.86. The fourth-order valence-corrected chi connectivity index (χ4v) is 5.30.